The van der Waals surface area contributed by atoms with Gasteiger partial charge in [-0.3, -0.25) is 9.69 Å². The summed E-state index contributed by atoms with van der Waals surface area (Å²) in [7, 11) is 0. The largest absolute Gasteiger partial charge is 0.381 e. The second kappa shape index (κ2) is 6.45. The van der Waals surface area contributed by atoms with Gasteiger partial charge in [0.2, 0.25) is 5.91 Å². The van der Waals surface area contributed by atoms with Gasteiger partial charge in [-0.1, -0.05) is 12.1 Å². The van der Waals surface area contributed by atoms with E-state index in [-0.39, 0.29) is 11.4 Å². The van der Waals surface area contributed by atoms with Crippen LogP contribution in [0.25, 0.3) is 0 Å². The molecule has 3 fully saturated rings. The van der Waals surface area contributed by atoms with E-state index < -0.39 is 0 Å². The number of benzene rings is 1. The van der Waals surface area contributed by atoms with Gasteiger partial charge in [-0.15, -0.1) is 0 Å². The summed E-state index contributed by atoms with van der Waals surface area (Å²) in [4.78, 5) is 17.7. The highest BCUT2D eigenvalue weighted by atomic mass is 19.1. The summed E-state index contributed by atoms with van der Waals surface area (Å²) in [5.74, 6) is 0.103. The molecule has 3 aliphatic heterocycles. The summed E-state index contributed by atoms with van der Waals surface area (Å²) < 4.78 is 18.6. The minimum Gasteiger partial charge on any atom is -0.381 e. The number of carbonyl (C=O) groups is 1. The van der Waals surface area contributed by atoms with E-state index in [1.807, 2.05) is 12.1 Å². The lowest BCUT2D eigenvalue weighted by atomic mass is 9.93. The zero-order valence-corrected chi connectivity index (χ0v) is 14.0. The van der Waals surface area contributed by atoms with E-state index in [1.54, 1.807) is 0 Å². The van der Waals surface area contributed by atoms with Crippen molar-refractivity contribution in [3.63, 3.8) is 0 Å². The first-order valence-corrected chi connectivity index (χ1v) is 9.07. The number of hydrogen-bond acceptors (Lipinski definition) is 3. The first-order chi connectivity index (χ1) is 11.7. The van der Waals surface area contributed by atoms with Crippen LogP contribution in [0.4, 0.5) is 4.39 Å². The Bertz CT molecular complexity index is 600. The van der Waals surface area contributed by atoms with Gasteiger partial charge in [0.05, 0.1) is 0 Å². The van der Waals surface area contributed by atoms with Gasteiger partial charge in [0.1, 0.15) is 11.4 Å². The number of nitrogens with zero attached hydrogens (tertiary/aromatic N) is 2. The molecule has 1 unspecified atom stereocenters. The Morgan fingerprint density at radius 2 is 1.88 bits per heavy atom. The molecule has 1 spiro atoms. The van der Waals surface area contributed by atoms with Crippen molar-refractivity contribution >= 4 is 5.91 Å². The molecular weight excluding hydrogens is 307 g/mol. The smallest absolute Gasteiger partial charge is 0.243 e. The van der Waals surface area contributed by atoms with Crippen molar-refractivity contribution in [2.24, 2.45) is 0 Å². The van der Waals surface area contributed by atoms with Crippen LogP contribution in [-0.4, -0.2) is 53.6 Å². The van der Waals surface area contributed by atoms with Crippen LogP contribution in [0.15, 0.2) is 24.3 Å². The number of rotatable bonds is 3. The van der Waals surface area contributed by atoms with E-state index in [9.17, 15) is 9.18 Å². The fraction of sp³-hybridized carbons (Fsp3) is 0.632. The SMILES string of the molecule is O=C1N(C2CCOCC2)CCC12CCCN2Cc1ccc(F)cc1. The molecule has 0 saturated carbocycles. The van der Waals surface area contributed by atoms with Crippen molar-refractivity contribution in [1.82, 2.24) is 9.80 Å². The second-order valence-electron chi connectivity index (χ2n) is 7.28. The van der Waals surface area contributed by atoms with Crippen LogP contribution in [-0.2, 0) is 16.1 Å². The Hall–Kier alpha value is -1.46. The third-order valence-electron chi connectivity index (χ3n) is 5.97. The maximum Gasteiger partial charge on any atom is 0.243 e. The topological polar surface area (TPSA) is 32.8 Å². The van der Waals surface area contributed by atoms with E-state index in [4.69, 9.17) is 4.74 Å². The molecule has 130 valence electrons. The molecule has 4 rings (SSSR count). The molecule has 3 aliphatic rings. The van der Waals surface area contributed by atoms with E-state index in [0.717, 1.165) is 70.5 Å². The van der Waals surface area contributed by atoms with E-state index in [2.05, 4.69) is 9.80 Å². The average molecular weight is 332 g/mol. The lowest BCUT2D eigenvalue weighted by Gasteiger charge is -2.36. The van der Waals surface area contributed by atoms with Crippen LogP contribution in [0, 0.1) is 5.82 Å². The molecule has 1 amide bonds. The Morgan fingerprint density at radius 3 is 2.62 bits per heavy atom. The van der Waals surface area contributed by atoms with Crippen molar-refractivity contribution in [2.45, 2.75) is 50.2 Å². The summed E-state index contributed by atoms with van der Waals surface area (Å²) in [5, 5.41) is 0. The maximum absolute atomic E-state index is 13.3. The van der Waals surface area contributed by atoms with Crippen LogP contribution >= 0.6 is 0 Å². The zero-order chi connectivity index (χ0) is 16.6. The van der Waals surface area contributed by atoms with Crippen molar-refractivity contribution in [1.29, 1.82) is 0 Å². The van der Waals surface area contributed by atoms with Gasteiger partial charge in [0, 0.05) is 32.3 Å². The normalized spacial score (nSPS) is 29.0. The van der Waals surface area contributed by atoms with Gasteiger partial charge in [-0.25, -0.2) is 4.39 Å². The molecule has 0 radical (unpaired) electrons. The van der Waals surface area contributed by atoms with Gasteiger partial charge in [-0.2, -0.15) is 0 Å². The minimum atomic E-state index is -0.327. The Morgan fingerprint density at radius 1 is 1.12 bits per heavy atom. The monoisotopic (exact) mass is 332 g/mol. The van der Waals surface area contributed by atoms with Crippen LogP contribution < -0.4 is 0 Å². The van der Waals surface area contributed by atoms with Crippen LogP contribution in [0.2, 0.25) is 0 Å². The molecule has 3 heterocycles. The van der Waals surface area contributed by atoms with Gasteiger partial charge >= 0.3 is 0 Å². The molecule has 0 aliphatic carbocycles. The third kappa shape index (κ3) is 2.74. The molecule has 0 bridgehead atoms. The van der Waals surface area contributed by atoms with Crippen molar-refractivity contribution < 1.29 is 13.9 Å². The van der Waals surface area contributed by atoms with Crippen molar-refractivity contribution in [3.05, 3.63) is 35.6 Å². The Kier molecular flexibility index (Phi) is 4.31. The molecule has 24 heavy (non-hydrogen) atoms. The summed E-state index contributed by atoms with van der Waals surface area (Å²) >= 11 is 0. The number of carbonyl (C=O) groups excluding carboxylic acids is 1. The third-order valence-corrected chi connectivity index (χ3v) is 5.97. The highest BCUT2D eigenvalue weighted by Crippen LogP contribution is 2.41. The highest BCUT2D eigenvalue weighted by molar-refractivity contribution is 5.89. The minimum absolute atomic E-state index is 0.211. The first kappa shape index (κ1) is 16.0. The number of halogens is 1. The fourth-order valence-corrected chi connectivity index (χ4v) is 4.63. The maximum atomic E-state index is 13.3. The summed E-state index contributed by atoms with van der Waals surface area (Å²) in [5.41, 5.74) is 0.752. The second-order valence-corrected chi connectivity index (χ2v) is 7.28. The molecule has 0 N–H and O–H groups in total. The van der Waals surface area contributed by atoms with Gasteiger partial charge < -0.3 is 9.64 Å². The predicted octanol–water partition coefficient (Wildman–Crippen LogP) is 2.57. The molecular formula is C19H25FN2O2. The molecule has 1 aromatic rings. The predicted molar refractivity (Wildman–Crippen MR) is 88.9 cm³/mol. The molecule has 5 heteroatoms. The van der Waals surface area contributed by atoms with Crippen LogP contribution in [0.5, 0.6) is 0 Å². The van der Waals surface area contributed by atoms with Crippen molar-refractivity contribution in [2.75, 3.05) is 26.3 Å². The standard InChI is InChI=1S/C19H25FN2O2/c20-16-4-2-15(3-5-16)14-21-10-1-8-19(21)9-11-22(18(19)23)17-6-12-24-13-7-17/h2-5,17H,1,6-14H2. The van der Waals surface area contributed by atoms with E-state index in [0.29, 0.717) is 11.9 Å². The Balaban J connectivity index is 1.50. The van der Waals surface area contributed by atoms with E-state index in [1.165, 1.54) is 12.1 Å². The number of likely N-dealkylation sites (tertiary alicyclic amines) is 2. The first-order valence-electron chi connectivity index (χ1n) is 9.07. The number of amides is 1. The zero-order valence-electron chi connectivity index (χ0n) is 14.0. The van der Waals surface area contributed by atoms with Crippen LogP contribution in [0.3, 0.4) is 0 Å². The van der Waals surface area contributed by atoms with E-state index >= 15 is 0 Å². The Labute approximate surface area is 142 Å². The number of ether oxygens (including phenoxy) is 1. The van der Waals surface area contributed by atoms with Gasteiger partial charge in [0.15, 0.2) is 0 Å². The summed E-state index contributed by atoms with van der Waals surface area (Å²) in [6.45, 7) is 4.07. The summed E-state index contributed by atoms with van der Waals surface area (Å²) in [6, 6.07) is 7.01. The van der Waals surface area contributed by atoms with Crippen LogP contribution in [0.1, 0.15) is 37.7 Å². The fourth-order valence-electron chi connectivity index (χ4n) is 4.63. The molecule has 4 nitrogen and oxygen atoms in total. The molecule has 3 saturated heterocycles. The lowest BCUT2D eigenvalue weighted by Crippen LogP contribution is -2.52. The van der Waals surface area contributed by atoms with Gasteiger partial charge in [0.25, 0.3) is 0 Å². The molecule has 1 atom stereocenters. The lowest BCUT2D eigenvalue weighted by molar-refractivity contribution is -0.140. The summed E-state index contributed by atoms with van der Waals surface area (Å²) in [6.07, 6.45) is 4.85. The number of hydrogen-bond donors (Lipinski definition) is 0. The molecule has 1 aromatic carbocycles. The molecule has 0 aromatic heterocycles. The quantitative estimate of drug-likeness (QED) is 0.853. The van der Waals surface area contributed by atoms with Gasteiger partial charge in [-0.05, 0) is 56.3 Å². The average Bonchev–Trinajstić information content (AvgIpc) is 3.16. The highest BCUT2D eigenvalue weighted by Gasteiger charge is 2.54. The van der Waals surface area contributed by atoms with Crippen molar-refractivity contribution in [3.8, 4) is 0 Å².